The van der Waals surface area contributed by atoms with E-state index < -0.39 is 5.82 Å². The molecule has 8 rings (SSSR count). The number of phenols is 1. The molecule has 6 heterocycles. The van der Waals surface area contributed by atoms with E-state index in [1.165, 1.54) is 18.6 Å². The average Bonchev–Trinajstić information content (AvgIpc) is 3.60. The number of aromatic nitrogens is 3. The van der Waals surface area contributed by atoms with Crippen molar-refractivity contribution in [2.24, 2.45) is 0 Å². The summed E-state index contributed by atoms with van der Waals surface area (Å²) < 4.78 is 38.2. The Hall–Kier alpha value is -3.63. The molecule has 4 fully saturated rings. The van der Waals surface area contributed by atoms with Crippen molar-refractivity contribution < 1.29 is 18.6 Å². The quantitative estimate of drug-likeness (QED) is 0.290. The number of halogens is 2. The lowest BCUT2D eigenvalue weighted by Gasteiger charge is -2.43. The van der Waals surface area contributed by atoms with Crippen LogP contribution in [-0.2, 0) is 6.42 Å². The molecule has 44 heavy (non-hydrogen) atoms. The van der Waals surface area contributed by atoms with Crippen LogP contribution < -0.4 is 15.0 Å². The molecule has 2 unspecified atom stereocenters. The van der Waals surface area contributed by atoms with Crippen LogP contribution in [0.4, 0.5) is 14.6 Å². The number of hydrogen-bond acceptors (Lipinski definition) is 8. The van der Waals surface area contributed by atoms with Gasteiger partial charge in [-0.2, -0.15) is 9.97 Å². The van der Waals surface area contributed by atoms with Crippen molar-refractivity contribution in [1.82, 2.24) is 25.2 Å². The Kier molecular flexibility index (Phi) is 6.82. The second kappa shape index (κ2) is 10.8. The maximum Gasteiger partial charge on any atom is 0.319 e. The van der Waals surface area contributed by atoms with Gasteiger partial charge in [-0.25, -0.2) is 8.78 Å². The van der Waals surface area contributed by atoms with Crippen LogP contribution in [-0.4, -0.2) is 75.4 Å². The van der Waals surface area contributed by atoms with Crippen molar-refractivity contribution in [2.45, 2.75) is 75.9 Å². The summed E-state index contributed by atoms with van der Waals surface area (Å²) in [5, 5.41) is 16.0. The van der Waals surface area contributed by atoms with Gasteiger partial charge in [0.15, 0.2) is 5.82 Å². The average molecular weight is 601 g/mol. The van der Waals surface area contributed by atoms with E-state index in [9.17, 15) is 9.50 Å². The number of pyridine rings is 1. The van der Waals surface area contributed by atoms with Crippen molar-refractivity contribution in [3.63, 3.8) is 0 Å². The maximum absolute atomic E-state index is 16.8. The van der Waals surface area contributed by atoms with Crippen LogP contribution in [0.3, 0.4) is 0 Å². The minimum absolute atomic E-state index is 0.00634. The number of piperidine rings is 1. The van der Waals surface area contributed by atoms with Gasteiger partial charge in [0.05, 0.1) is 10.9 Å². The standard InChI is InChI=1S/C34H38F2N6O2/c1-2-24-27(35)9-8-20-14-23(43)15-25(28(20)24)30-29(36)31-26(16-37-30)32(41-17-21-6-3-7-22(18-41)38-21)40-33(39-31)44-19-34-10-4-12-42(34)13-5-11-34/h8-9,14-16,21-22,38,43H,2-7,10-13,17-19H2,1H3. The van der Waals surface area contributed by atoms with Crippen molar-refractivity contribution in [2.75, 3.05) is 37.7 Å². The largest absolute Gasteiger partial charge is 0.508 e. The SMILES string of the molecule is CCc1c(F)ccc2cc(O)cc(-c3ncc4c(N5CC6CCCC(C5)N6)nc(OCC56CCCN5CCC6)nc4c3F)c12. The number of benzene rings is 2. The number of hydrogen-bond donors (Lipinski definition) is 2. The molecule has 230 valence electrons. The van der Waals surface area contributed by atoms with E-state index in [0.717, 1.165) is 64.7 Å². The summed E-state index contributed by atoms with van der Waals surface area (Å²) in [4.78, 5) is 19.0. The molecule has 2 aromatic heterocycles. The molecule has 2 N–H and O–H groups in total. The van der Waals surface area contributed by atoms with Crippen LogP contribution >= 0.6 is 0 Å². The van der Waals surface area contributed by atoms with E-state index in [-0.39, 0.29) is 34.3 Å². The summed E-state index contributed by atoms with van der Waals surface area (Å²) in [6.07, 6.45) is 9.88. The highest BCUT2D eigenvalue weighted by Crippen LogP contribution is 2.41. The summed E-state index contributed by atoms with van der Waals surface area (Å²) in [5.74, 6) is -0.412. The number of aryl methyl sites for hydroxylation is 1. The number of nitrogens with zero attached hydrogens (tertiary/aromatic N) is 5. The van der Waals surface area contributed by atoms with Gasteiger partial charge in [0.2, 0.25) is 0 Å². The third-order valence-electron chi connectivity index (χ3n) is 10.4. The summed E-state index contributed by atoms with van der Waals surface area (Å²) in [5.41, 5.74) is 0.921. The van der Waals surface area contributed by atoms with Gasteiger partial charge in [-0.3, -0.25) is 9.88 Å². The lowest BCUT2D eigenvalue weighted by molar-refractivity contribution is 0.108. The molecular weight excluding hydrogens is 562 g/mol. The fourth-order valence-electron chi connectivity index (χ4n) is 8.39. The molecule has 4 aliphatic heterocycles. The number of rotatable bonds is 6. The van der Waals surface area contributed by atoms with Crippen molar-refractivity contribution >= 4 is 27.5 Å². The van der Waals surface area contributed by atoms with Crippen LogP contribution in [0.25, 0.3) is 32.9 Å². The van der Waals surface area contributed by atoms with Crippen molar-refractivity contribution in [3.8, 4) is 23.0 Å². The highest BCUT2D eigenvalue weighted by atomic mass is 19.1. The highest BCUT2D eigenvalue weighted by Gasteiger charge is 2.45. The lowest BCUT2D eigenvalue weighted by atomic mass is 9.93. The van der Waals surface area contributed by atoms with Crippen LogP contribution in [0.1, 0.15) is 57.4 Å². The zero-order valence-electron chi connectivity index (χ0n) is 25.1. The first-order valence-corrected chi connectivity index (χ1v) is 16.1. The molecule has 0 amide bonds. The number of piperazine rings is 1. The Balaban J connectivity index is 1.28. The number of aromatic hydroxyl groups is 1. The van der Waals surface area contributed by atoms with Gasteiger partial charge in [0.25, 0.3) is 0 Å². The predicted octanol–water partition coefficient (Wildman–Crippen LogP) is 5.73. The number of phenolic OH excluding ortho intramolecular Hbond substituents is 1. The molecule has 8 nitrogen and oxygen atoms in total. The minimum atomic E-state index is -0.633. The second-order valence-corrected chi connectivity index (χ2v) is 13.1. The van der Waals surface area contributed by atoms with Gasteiger partial charge >= 0.3 is 6.01 Å². The molecule has 2 atom stereocenters. The highest BCUT2D eigenvalue weighted by molar-refractivity contribution is 6.01. The summed E-state index contributed by atoms with van der Waals surface area (Å²) in [6.45, 7) is 6.02. The molecule has 2 bridgehead atoms. The van der Waals surface area contributed by atoms with E-state index in [1.54, 1.807) is 18.3 Å². The minimum Gasteiger partial charge on any atom is -0.508 e. The number of fused-ring (bicyclic) bond motifs is 5. The van der Waals surface area contributed by atoms with Crippen LogP contribution in [0, 0.1) is 11.6 Å². The monoisotopic (exact) mass is 600 g/mol. The Bertz CT molecular complexity index is 1740. The van der Waals surface area contributed by atoms with E-state index >= 15 is 4.39 Å². The zero-order valence-corrected chi connectivity index (χ0v) is 25.1. The molecule has 4 saturated heterocycles. The lowest BCUT2D eigenvalue weighted by Crippen LogP contribution is -2.59. The first-order valence-electron chi connectivity index (χ1n) is 16.1. The number of ether oxygens (including phenoxy) is 1. The molecule has 0 radical (unpaired) electrons. The molecule has 4 aliphatic rings. The second-order valence-electron chi connectivity index (χ2n) is 13.1. The summed E-state index contributed by atoms with van der Waals surface area (Å²) in [6, 6.07) is 6.88. The third kappa shape index (κ3) is 4.56. The first kappa shape index (κ1) is 27.9. The third-order valence-corrected chi connectivity index (χ3v) is 10.4. The molecule has 0 spiro atoms. The van der Waals surface area contributed by atoms with Gasteiger partial charge in [-0.1, -0.05) is 19.4 Å². The van der Waals surface area contributed by atoms with Crippen LogP contribution in [0.15, 0.2) is 30.5 Å². The van der Waals surface area contributed by atoms with Crippen LogP contribution in [0.5, 0.6) is 11.8 Å². The van der Waals surface area contributed by atoms with E-state index in [1.807, 2.05) is 6.92 Å². The molecular formula is C34H38F2N6O2. The van der Waals surface area contributed by atoms with Crippen LogP contribution in [0.2, 0.25) is 0 Å². The molecule has 10 heteroatoms. The van der Waals surface area contributed by atoms with E-state index in [4.69, 9.17) is 9.72 Å². The smallest absolute Gasteiger partial charge is 0.319 e. The molecule has 2 aromatic carbocycles. The number of nitrogens with one attached hydrogen (secondary N) is 1. The molecule has 0 saturated carbocycles. The Morgan fingerprint density at radius 1 is 1.05 bits per heavy atom. The van der Waals surface area contributed by atoms with Gasteiger partial charge in [-0.15, -0.1) is 0 Å². The van der Waals surface area contributed by atoms with E-state index in [0.29, 0.717) is 58.2 Å². The number of anilines is 1. The normalized spacial score (nSPS) is 23.0. The zero-order chi connectivity index (χ0) is 30.0. The fourth-order valence-corrected chi connectivity index (χ4v) is 8.39. The summed E-state index contributed by atoms with van der Waals surface area (Å²) >= 11 is 0. The fraction of sp³-hybridized carbons (Fsp3) is 0.500. The molecule has 0 aliphatic carbocycles. The topological polar surface area (TPSA) is 86.6 Å². The van der Waals surface area contributed by atoms with E-state index in [2.05, 4.69) is 25.1 Å². The van der Waals surface area contributed by atoms with Crippen molar-refractivity contribution in [1.29, 1.82) is 0 Å². The Morgan fingerprint density at radius 3 is 2.57 bits per heavy atom. The van der Waals surface area contributed by atoms with Gasteiger partial charge in [0.1, 0.15) is 35.2 Å². The first-order chi connectivity index (χ1) is 21.4. The van der Waals surface area contributed by atoms with Gasteiger partial charge < -0.3 is 20.1 Å². The molecule has 4 aromatic rings. The predicted molar refractivity (Wildman–Crippen MR) is 166 cm³/mol. The van der Waals surface area contributed by atoms with Crippen molar-refractivity contribution in [3.05, 3.63) is 47.7 Å². The Labute approximate surface area is 255 Å². The van der Waals surface area contributed by atoms with Gasteiger partial charge in [0, 0.05) is 36.9 Å². The summed E-state index contributed by atoms with van der Waals surface area (Å²) in [7, 11) is 0. The van der Waals surface area contributed by atoms with Gasteiger partial charge in [-0.05, 0) is 92.6 Å². The maximum atomic E-state index is 16.8. The Morgan fingerprint density at radius 2 is 1.82 bits per heavy atom.